The molecule has 0 fully saturated rings. The van der Waals surface area contributed by atoms with Crippen molar-refractivity contribution in [3.63, 3.8) is 0 Å². The predicted molar refractivity (Wildman–Crippen MR) is 73.7 cm³/mol. The summed E-state index contributed by atoms with van der Waals surface area (Å²) >= 11 is 0. The maximum Gasteiger partial charge on any atom is 0.317 e. The number of ether oxygens (including phenoxy) is 1. The quantitative estimate of drug-likeness (QED) is 0.664. The number of nitrogens with one attached hydrogen (secondary N) is 1. The Bertz CT molecular complexity index is 617. The molecule has 20 heavy (non-hydrogen) atoms. The Morgan fingerprint density at radius 2 is 2.00 bits per heavy atom. The van der Waals surface area contributed by atoms with Crippen LogP contribution in [0.15, 0.2) is 30.3 Å². The number of para-hydroxylation sites is 1. The molecule has 0 amide bonds. The van der Waals surface area contributed by atoms with Crippen LogP contribution in [-0.2, 0) is 6.54 Å². The smallest absolute Gasteiger partial charge is 0.317 e. The number of anilines is 1. The highest BCUT2D eigenvalue weighted by Gasteiger charge is 2.21. The molecule has 0 atom stereocenters. The average Bonchev–Trinajstić information content (AvgIpc) is 2.45. The van der Waals surface area contributed by atoms with E-state index >= 15 is 0 Å². The van der Waals surface area contributed by atoms with Gasteiger partial charge in [-0.15, -0.1) is 0 Å². The third-order valence-corrected chi connectivity index (χ3v) is 2.71. The third kappa shape index (κ3) is 3.00. The lowest BCUT2D eigenvalue weighted by Crippen LogP contribution is -2.09. The van der Waals surface area contributed by atoms with Gasteiger partial charge < -0.3 is 10.1 Å². The topological polar surface area (TPSA) is 90.2 Å². The Labute approximate surface area is 115 Å². The van der Waals surface area contributed by atoms with E-state index in [0.717, 1.165) is 5.69 Å². The van der Waals surface area contributed by atoms with E-state index in [1.54, 1.807) is 6.92 Å². The highest BCUT2D eigenvalue weighted by atomic mass is 16.6. The molecule has 1 N–H and O–H groups in total. The first-order chi connectivity index (χ1) is 9.61. The van der Waals surface area contributed by atoms with Crippen LogP contribution < -0.4 is 10.1 Å². The number of aromatic nitrogens is 2. The first-order valence-corrected chi connectivity index (χ1v) is 5.96. The lowest BCUT2D eigenvalue weighted by Gasteiger charge is -2.08. The maximum atomic E-state index is 11.1. The van der Waals surface area contributed by atoms with Gasteiger partial charge in [0.25, 0.3) is 0 Å². The summed E-state index contributed by atoms with van der Waals surface area (Å²) in [6, 6.07) is 9.52. The molecule has 2 aromatic rings. The van der Waals surface area contributed by atoms with E-state index in [2.05, 4.69) is 15.3 Å². The molecule has 0 saturated carbocycles. The normalized spacial score (nSPS) is 10.1. The van der Waals surface area contributed by atoms with Gasteiger partial charge in [-0.2, -0.15) is 9.97 Å². The molecule has 0 spiro atoms. The Kier molecular flexibility index (Phi) is 4.09. The highest BCUT2D eigenvalue weighted by Crippen LogP contribution is 2.23. The standard InChI is InChI=1S/C13H14N4O3/c1-9-12(17(18)19)11(16-13(15-9)20-2)8-14-10-6-4-3-5-7-10/h3-7,14H,8H2,1-2H3. The van der Waals surface area contributed by atoms with Crippen molar-refractivity contribution in [3.05, 3.63) is 51.8 Å². The predicted octanol–water partition coefficient (Wildman–Crippen LogP) is 2.31. The van der Waals surface area contributed by atoms with E-state index in [0.29, 0.717) is 5.69 Å². The third-order valence-electron chi connectivity index (χ3n) is 2.71. The van der Waals surface area contributed by atoms with Gasteiger partial charge in [0.2, 0.25) is 0 Å². The summed E-state index contributed by atoms with van der Waals surface area (Å²) in [6.45, 7) is 1.79. The number of hydrogen-bond acceptors (Lipinski definition) is 6. The number of aryl methyl sites for hydroxylation is 1. The van der Waals surface area contributed by atoms with Crippen molar-refractivity contribution in [1.82, 2.24) is 9.97 Å². The molecular weight excluding hydrogens is 260 g/mol. The number of nitro groups is 1. The second kappa shape index (κ2) is 5.96. The van der Waals surface area contributed by atoms with Crippen LogP contribution in [0.3, 0.4) is 0 Å². The van der Waals surface area contributed by atoms with E-state index < -0.39 is 4.92 Å². The van der Waals surface area contributed by atoms with Gasteiger partial charge in [-0.25, -0.2) is 0 Å². The maximum absolute atomic E-state index is 11.1. The van der Waals surface area contributed by atoms with Crippen LogP contribution in [0, 0.1) is 17.0 Å². The Hall–Kier alpha value is -2.70. The van der Waals surface area contributed by atoms with E-state index in [1.165, 1.54) is 7.11 Å². The van der Waals surface area contributed by atoms with Crippen LogP contribution in [-0.4, -0.2) is 22.0 Å². The minimum Gasteiger partial charge on any atom is -0.467 e. The molecule has 0 unspecified atom stereocenters. The number of hydrogen-bond donors (Lipinski definition) is 1. The zero-order valence-corrected chi connectivity index (χ0v) is 11.2. The van der Waals surface area contributed by atoms with Crippen LogP contribution in [0.5, 0.6) is 6.01 Å². The molecular formula is C13H14N4O3. The molecule has 7 heteroatoms. The molecule has 104 valence electrons. The van der Waals surface area contributed by atoms with Crippen molar-refractivity contribution >= 4 is 11.4 Å². The zero-order chi connectivity index (χ0) is 14.5. The van der Waals surface area contributed by atoms with Crippen LogP contribution in [0.4, 0.5) is 11.4 Å². The molecule has 2 rings (SSSR count). The summed E-state index contributed by atoms with van der Waals surface area (Å²) in [6.07, 6.45) is 0. The summed E-state index contributed by atoms with van der Waals surface area (Å²) in [5, 5.41) is 14.2. The van der Waals surface area contributed by atoms with Gasteiger partial charge in [-0.05, 0) is 19.1 Å². The molecule has 0 saturated heterocycles. The van der Waals surface area contributed by atoms with Gasteiger partial charge in [0.1, 0.15) is 11.4 Å². The SMILES string of the molecule is COc1nc(C)c([N+](=O)[O-])c(CNc2ccccc2)n1. The van der Waals surface area contributed by atoms with Gasteiger partial charge in [-0.1, -0.05) is 18.2 Å². The van der Waals surface area contributed by atoms with Crippen molar-refractivity contribution in [3.8, 4) is 6.01 Å². The summed E-state index contributed by atoms with van der Waals surface area (Å²) in [5.74, 6) is 0. The first kappa shape index (κ1) is 13.7. The summed E-state index contributed by atoms with van der Waals surface area (Å²) in [4.78, 5) is 18.6. The van der Waals surface area contributed by atoms with Crippen molar-refractivity contribution in [2.75, 3.05) is 12.4 Å². The van der Waals surface area contributed by atoms with Gasteiger partial charge in [-0.3, -0.25) is 10.1 Å². The van der Waals surface area contributed by atoms with Crippen molar-refractivity contribution in [2.24, 2.45) is 0 Å². The average molecular weight is 274 g/mol. The molecule has 7 nitrogen and oxygen atoms in total. The van der Waals surface area contributed by atoms with Crippen molar-refractivity contribution < 1.29 is 9.66 Å². The van der Waals surface area contributed by atoms with E-state index in [-0.39, 0.29) is 23.9 Å². The van der Waals surface area contributed by atoms with Crippen molar-refractivity contribution in [1.29, 1.82) is 0 Å². The number of nitrogens with zero attached hydrogens (tertiary/aromatic N) is 3. The first-order valence-electron chi connectivity index (χ1n) is 5.96. The molecule has 0 aliphatic carbocycles. The molecule has 1 aromatic heterocycles. The van der Waals surface area contributed by atoms with Gasteiger partial charge in [0.05, 0.1) is 18.6 Å². The minimum absolute atomic E-state index is 0.0887. The van der Waals surface area contributed by atoms with Crippen LogP contribution in [0.1, 0.15) is 11.4 Å². The van der Waals surface area contributed by atoms with E-state index in [4.69, 9.17) is 4.74 Å². The molecule has 1 heterocycles. The molecule has 1 aromatic carbocycles. The molecule has 0 radical (unpaired) electrons. The largest absolute Gasteiger partial charge is 0.467 e. The molecule has 0 aliphatic rings. The van der Waals surface area contributed by atoms with Crippen molar-refractivity contribution in [2.45, 2.75) is 13.5 Å². The number of rotatable bonds is 5. The van der Waals surface area contributed by atoms with Crippen LogP contribution in [0.2, 0.25) is 0 Å². The minimum atomic E-state index is -0.475. The molecule has 0 bridgehead atoms. The lowest BCUT2D eigenvalue weighted by atomic mass is 10.2. The number of methoxy groups -OCH3 is 1. The number of benzene rings is 1. The second-order valence-electron chi connectivity index (χ2n) is 4.07. The Morgan fingerprint density at radius 1 is 1.30 bits per heavy atom. The summed E-state index contributed by atoms with van der Waals surface area (Å²) < 4.78 is 4.95. The summed E-state index contributed by atoms with van der Waals surface area (Å²) in [7, 11) is 1.43. The Balaban J connectivity index is 2.29. The van der Waals surface area contributed by atoms with Crippen LogP contribution >= 0.6 is 0 Å². The fourth-order valence-electron chi connectivity index (χ4n) is 1.79. The fraction of sp³-hybridized carbons (Fsp3) is 0.231. The van der Waals surface area contributed by atoms with E-state index in [1.807, 2.05) is 30.3 Å². The Morgan fingerprint density at radius 3 is 2.60 bits per heavy atom. The lowest BCUT2D eigenvalue weighted by molar-refractivity contribution is -0.386. The summed E-state index contributed by atoms with van der Waals surface area (Å²) in [5.41, 5.74) is 1.35. The molecule has 0 aliphatic heterocycles. The van der Waals surface area contributed by atoms with Gasteiger partial charge in [0.15, 0.2) is 0 Å². The highest BCUT2D eigenvalue weighted by molar-refractivity contribution is 5.46. The van der Waals surface area contributed by atoms with E-state index in [9.17, 15) is 10.1 Å². The second-order valence-corrected chi connectivity index (χ2v) is 4.07. The zero-order valence-electron chi connectivity index (χ0n) is 11.2. The monoisotopic (exact) mass is 274 g/mol. The van der Waals surface area contributed by atoms with Gasteiger partial charge >= 0.3 is 11.7 Å². The fourth-order valence-corrected chi connectivity index (χ4v) is 1.79. The van der Waals surface area contributed by atoms with Gasteiger partial charge in [0, 0.05) is 5.69 Å². The van der Waals surface area contributed by atoms with Crippen LogP contribution in [0.25, 0.3) is 0 Å².